The average Bonchev–Trinajstić information content (AvgIpc) is 2.61. The summed E-state index contributed by atoms with van der Waals surface area (Å²) in [5, 5.41) is 3.65. The first-order valence-corrected chi connectivity index (χ1v) is 8.96. The van der Waals surface area contributed by atoms with Gasteiger partial charge < -0.3 is 15.0 Å². The standard InChI is InChI=1S/C18H25ClN2O2/c19-16-3-1-2-15(12-16)18(22)20-13-14-4-8-21(9-5-14)17-6-10-23-11-7-17/h1-3,12,14,17H,4-11,13H2,(H,20,22). The fourth-order valence-corrected chi connectivity index (χ4v) is 3.73. The Morgan fingerprint density at radius 2 is 1.96 bits per heavy atom. The van der Waals surface area contributed by atoms with E-state index in [0.717, 1.165) is 58.5 Å². The van der Waals surface area contributed by atoms with E-state index in [0.29, 0.717) is 22.5 Å². The molecule has 1 aromatic carbocycles. The predicted octanol–water partition coefficient (Wildman–Crippen LogP) is 2.96. The number of nitrogens with zero attached hydrogens (tertiary/aromatic N) is 1. The van der Waals surface area contributed by atoms with E-state index >= 15 is 0 Å². The highest BCUT2D eigenvalue weighted by molar-refractivity contribution is 6.30. The van der Waals surface area contributed by atoms with Gasteiger partial charge in [-0.1, -0.05) is 17.7 Å². The zero-order chi connectivity index (χ0) is 16.1. The third-order valence-corrected chi connectivity index (χ3v) is 5.23. The maximum Gasteiger partial charge on any atom is 0.251 e. The van der Waals surface area contributed by atoms with E-state index in [1.165, 1.54) is 0 Å². The van der Waals surface area contributed by atoms with Crippen molar-refractivity contribution in [1.82, 2.24) is 10.2 Å². The van der Waals surface area contributed by atoms with Crippen LogP contribution in [0.15, 0.2) is 24.3 Å². The van der Waals surface area contributed by atoms with Crippen molar-refractivity contribution in [2.45, 2.75) is 31.7 Å². The first kappa shape index (κ1) is 16.7. The van der Waals surface area contributed by atoms with Gasteiger partial charge in [-0.25, -0.2) is 0 Å². The Bertz CT molecular complexity index is 524. The van der Waals surface area contributed by atoms with Crippen LogP contribution in [0, 0.1) is 5.92 Å². The van der Waals surface area contributed by atoms with E-state index in [1.807, 2.05) is 6.07 Å². The van der Waals surface area contributed by atoms with Crippen molar-refractivity contribution in [2.75, 3.05) is 32.8 Å². The maximum absolute atomic E-state index is 12.2. The molecule has 0 radical (unpaired) electrons. The van der Waals surface area contributed by atoms with Crippen molar-refractivity contribution in [3.8, 4) is 0 Å². The van der Waals surface area contributed by atoms with Crippen LogP contribution in [0.25, 0.3) is 0 Å². The summed E-state index contributed by atoms with van der Waals surface area (Å²) in [6, 6.07) is 7.80. The molecule has 2 aliphatic heterocycles. The van der Waals surface area contributed by atoms with Crippen LogP contribution in [0.1, 0.15) is 36.0 Å². The van der Waals surface area contributed by atoms with Crippen LogP contribution in [0.2, 0.25) is 5.02 Å². The summed E-state index contributed by atoms with van der Waals surface area (Å²) in [7, 11) is 0. The largest absolute Gasteiger partial charge is 0.381 e. The fraction of sp³-hybridized carbons (Fsp3) is 0.611. The minimum Gasteiger partial charge on any atom is -0.381 e. The Hall–Kier alpha value is -1.10. The lowest BCUT2D eigenvalue weighted by Gasteiger charge is -2.39. The maximum atomic E-state index is 12.2. The van der Waals surface area contributed by atoms with Gasteiger partial charge in [-0.2, -0.15) is 0 Å². The zero-order valence-corrected chi connectivity index (χ0v) is 14.2. The molecule has 0 saturated carbocycles. The van der Waals surface area contributed by atoms with Gasteiger partial charge in [0.05, 0.1) is 0 Å². The summed E-state index contributed by atoms with van der Waals surface area (Å²) in [6.07, 6.45) is 4.65. The third kappa shape index (κ3) is 4.69. The predicted molar refractivity (Wildman–Crippen MR) is 91.9 cm³/mol. The number of benzene rings is 1. The minimum atomic E-state index is -0.0284. The quantitative estimate of drug-likeness (QED) is 0.919. The molecule has 126 valence electrons. The first-order chi connectivity index (χ1) is 11.2. The van der Waals surface area contributed by atoms with Crippen molar-refractivity contribution in [1.29, 1.82) is 0 Å². The molecule has 0 aliphatic carbocycles. The Kier molecular flexibility index (Phi) is 5.92. The van der Waals surface area contributed by atoms with Crippen LogP contribution in [-0.4, -0.2) is 49.7 Å². The molecule has 23 heavy (non-hydrogen) atoms. The Morgan fingerprint density at radius 1 is 1.22 bits per heavy atom. The number of nitrogens with one attached hydrogen (secondary N) is 1. The van der Waals surface area contributed by atoms with Crippen molar-refractivity contribution in [2.24, 2.45) is 5.92 Å². The molecule has 2 aliphatic rings. The molecule has 3 rings (SSSR count). The van der Waals surface area contributed by atoms with Gasteiger partial charge in [0.15, 0.2) is 0 Å². The number of hydrogen-bond donors (Lipinski definition) is 1. The van der Waals surface area contributed by atoms with E-state index < -0.39 is 0 Å². The molecule has 1 N–H and O–H groups in total. The zero-order valence-electron chi connectivity index (χ0n) is 13.5. The molecule has 0 atom stereocenters. The summed E-state index contributed by atoms with van der Waals surface area (Å²) >= 11 is 5.93. The van der Waals surface area contributed by atoms with Crippen molar-refractivity contribution < 1.29 is 9.53 Å². The second-order valence-corrected chi connectivity index (χ2v) is 6.98. The van der Waals surface area contributed by atoms with E-state index in [1.54, 1.807) is 18.2 Å². The molecule has 2 fully saturated rings. The monoisotopic (exact) mass is 336 g/mol. The van der Waals surface area contributed by atoms with Crippen LogP contribution in [0.4, 0.5) is 0 Å². The van der Waals surface area contributed by atoms with Crippen molar-refractivity contribution >= 4 is 17.5 Å². The Labute approximate surface area is 143 Å². The lowest BCUT2D eigenvalue weighted by Crippen LogP contribution is -2.45. The molecule has 0 bridgehead atoms. The highest BCUT2D eigenvalue weighted by Gasteiger charge is 2.26. The van der Waals surface area contributed by atoms with Gasteiger partial charge in [0.1, 0.15) is 0 Å². The molecule has 1 amide bonds. The lowest BCUT2D eigenvalue weighted by atomic mass is 9.94. The van der Waals surface area contributed by atoms with Gasteiger partial charge in [0, 0.05) is 36.4 Å². The van der Waals surface area contributed by atoms with E-state index in [4.69, 9.17) is 16.3 Å². The normalized spacial score (nSPS) is 21.3. The molecule has 1 aromatic rings. The van der Waals surface area contributed by atoms with E-state index in [2.05, 4.69) is 10.2 Å². The SMILES string of the molecule is O=C(NCC1CCN(C2CCOCC2)CC1)c1cccc(Cl)c1. The van der Waals surface area contributed by atoms with Gasteiger partial charge >= 0.3 is 0 Å². The van der Waals surface area contributed by atoms with Crippen LogP contribution >= 0.6 is 11.6 Å². The molecule has 5 heteroatoms. The molecular formula is C18H25ClN2O2. The van der Waals surface area contributed by atoms with Crippen molar-refractivity contribution in [3.05, 3.63) is 34.9 Å². The van der Waals surface area contributed by atoms with Gasteiger partial charge in [-0.3, -0.25) is 4.79 Å². The summed E-state index contributed by atoms with van der Waals surface area (Å²) in [5.74, 6) is 0.550. The second-order valence-electron chi connectivity index (χ2n) is 6.54. The van der Waals surface area contributed by atoms with Gasteiger partial charge in [-0.15, -0.1) is 0 Å². The van der Waals surface area contributed by atoms with Crippen LogP contribution in [-0.2, 0) is 4.74 Å². The molecule has 0 spiro atoms. The first-order valence-electron chi connectivity index (χ1n) is 8.58. The number of halogens is 1. The number of ether oxygens (including phenoxy) is 1. The summed E-state index contributed by atoms with van der Waals surface area (Å²) in [4.78, 5) is 14.8. The number of hydrogen-bond acceptors (Lipinski definition) is 3. The molecule has 2 saturated heterocycles. The van der Waals surface area contributed by atoms with E-state index in [9.17, 15) is 4.79 Å². The fourth-order valence-electron chi connectivity index (χ4n) is 3.54. The third-order valence-electron chi connectivity index (χ3n) is 4.99. The average molecular weight is 337 g/mol. The molecular weight excluding hydrogens is 312 g/mol. The second kappa shape index (κ2) is 8.13. The van der Waals surface area contributed by atoms with Crippen molar-refractivity contribution in [3.63, 3.8) is 0 Å². The Balaban J connectivity index is 1.41. The van der Waals surface area contributed by atoms with E-state index in [-0.39, 0.29) is 5.91 Å². The minimum absolute atomic E-state index is 0.0284. The summed E-state index contributed by atoms with van der Waals surface area (Å²) in [6.45, 7) is 4.85. The van der Waals surface area contributed by atoms with Gasteiger partial charge in [-0.05, 0) is 62.9 Å². The smallest absolute Gasteiger partial charge is 0.251 e. The topological polar surface area (TPSA) is 41.6 Å². The number of carbonyl (C=O) groups is 1. The van der Waals surface area contributed by atoms with Crippen LogP contribution < -0.4 is 5.32 Å². The highest BCUT2D eigenvalue weighted by atomic mass is 35.5. The molecule has 2 heterocycles. The molecule has 4 nitrogen and oxygen atoms in total. The number of amides is 1. The summed E-state index contributed by atoms with van der Waals surface area (Å²) in [5.41, 5.74) is 0.636. The number of likely N-dealkylation sites (tertiary alicyclic amines) is 1. The summed E-state index contributed by atoms with van der Waals surface area (Å²) < 4.78 is 5.44. The highest BCUT2D eigenvalue weighted by Crippen LogP contribution is 2.23. The van der Waals surface area contributed by atoms with Crippen LogP contribution in [0.3, 0.4) is 0 Å². The molecule has 0 aromatic heterocycles. The number of carbonyl (C=O) groups excluding carboxylic acids is 1. The number of piperidine rings is 1. The molecule has 0 unspecified atom stereocenters. The van der Waals surface area contributed by atoms with Crippen LogP contribution in [0.5, 0.6) is 0 Å². The van der Waals surface area contributed by atoms with Gasteiger partial charge in [0.2, 0.25) is 0 Å². The van der Waals surface area contributed by atoms with Gasteiger partial charge in [0.25, 0.3) is 5.91 Å². The Morgan fingerprint density at radius 3 is 2.65 bits per heavy atom. The lowest BCUT2D eigenvalue weighted by molar-refractivity contribution is 0.0211. The number of rotatable bonds is 4.